The van der Waals surface area contributed by atoms with Crippen molar-refractivity contribution in [3.63, 3.8) is 0 Å². The van der Waals surface area contributed by atoms with Crippen molar-refractivity contribution in [1.82, 2.24) is 4.98 Å². The van der Waals surface area contributed by atoms with Gasteiger partial charge in [0.15, 0.2) is 0 Å². The first-order valence-electron chi connectivity index (χ1n) is 2.03. The molecule has 0 spiro atoms. The molecule has 0 aliphatic rings. The van der Waals surface area contributed by atoms with Gasteiger partial charge in [0, 0.05) is 31.1 Å². The summed E-state index contributed by atoms with van der Waals surface area (Å²) >= 11 is 0. The van der Waals surface area contributed by atoms with E-state index in [1.54, 1.807) is 18.3 Å². The molecule has 0 aromatic carbocycles. The van der Waals surface area contributed by atoms with Gasteiger partial charge in [-0.25, -0.2) is 0 Å². The molecular weight excluding hydrogens is 97.0 g/mol. The molecule has 2 nitrogen and oxygen atoms in total. The first kappa shape index (κ1) is 7.55. The number of aromatic nitrogens is 1. The van der Waals surface area contributed by atoms with Crippen molar-refractivity contribution in [1.29, 1.82) is 0 Å². The first-order chi connectivity index (χ1) is 3.39. The van der Waals surface area contributed by atoms with Gasteiger partial charge in [-0.2, -0.15) is 0 Å². The molecule has 1 radical (unpaired) electrons. The fourth-order valence-electron chi connectivity index (χ4n) is 0.377. The average Bonchev–Trinajstić information content (AvgIpc) is 1.69. The molecule has 3 heteroatoms. The third-order valence-corrected chi connectivity index (χ3v) is 0.681. The van der Waals surface area contributed by atoms with Crippen LogP contribution in [0.4, 0.5) is 0 Å². The van der Waals surface area contributed by atoms with Gasteiger partial charge >= 0.3 is 0 Å². The minimum atomic E-state index is -0.0532. The molecule has 0 aliphatic carbocycles. The number of hydrogen-bond acceptors (Lipinski definition) is 1. The summed E-state index contributed by atoms with van der Waals surface area (Å²) in [5, 5.41) is 0. The van der Waals surface area contributed by atoms with E-state index < -0.39 is 0 Å². The molecule has 0 aliphatic heterocycles. The van der Waals surface area contributed by atoms with Crippen molar-refractivity contribution in [2.24, 2.45) is 0 Å². The maximum absolute atomic E-state index is 10.2. The van der Waals surface area contributed by atoms with E-state index in [1.165, 1.54) is 6.07 Å². The Kier molecular flexibility index (Phi) is 3.34. The van der Waals surface area contributed by atoms with Gasteiger partial charge in [0.25, 0.3) is 0 Å². The topological polar surface area (TPSA) is 32.9 Å². The summed E-state index contributed by atoms with van der Waals surface area (Å²) in [6, 6.07) is 4.93. The fourth-order valence-corrected chi connectivity index (χ4v) is 0.377. The molecule has 0 bridgehead atoms. The van der Waals surface area contributed by atoms with Crippen LogP contribution >= 0.6 is 0 Å². The Morgan fingerprint density at radius 1 is 1.38 bits per heavy atom. The van der Waals surface area contributed by atoms with Crippen molar-refractivity contribution < 1.29 is 0 Å². The molecule has 1 rings (SSSR count). The van der Waals surface area contributed by atoms with Gasteiger partial charge in [0.05, 0.1) is 0 Å². The molecule has 0 saturated carbocycles. The van der Waals surface area contributed by atoms with Gasteiger partial charge in [-0.1, -0.05) is 6.07 Å². The van der Waals surface area contributed by atoms with E-state index >= 15 is 0 Å². The summed E-state index contributed by atoms with van der Waals surface area (Å²) in [4.78, 5) is 12.7. The molecule has 1 aromatic heterocycles. The third kappa shape index (κ3) is 2.01. The van der Waals surface area contributed by atoms with Crippen LogP contribution in [-0.2, 0) is 0 Å². The van der Waals surface area contributed by atoms with Crippen molar-refractivity contribution >= 4 is 18.9 Å². The predicted molar refractivity (Wildman–Crippen MR) is 32.8 cm³/mol. The van der Waals surface area contributed by atoms with E-state index in [4.69, 9.17) is 0 Å². The summed E-state index contributed by atoms with van der Waals surface area (Å²) in [6.45, 7) is 0. The van der Waals surface area contributed by atoms with E-state index in [2.05, 4.69) is 4.98 Å². The van der Waals surface area contributed by atoms with Crippen molar-refractivity contribution in [3.05, 3.63) is 34.7 Å². The standard InChI is InChI=1S/C5H5NO.Li/c7-5-3-1-2-4-6-5;/h1-4H,(H,6,7);. The largest absolute Gasteiger partial charge is 0.329 e. The molecule has 1 heterocycles. The second-order valence-corrected chi connectivity index (χ2v) is 1.23. The van der Waals surface area contributed by atoms with Gasteiger partial charge in [-0.05, 0) is 6.07 Å². The first-order valence-corrected chi connectivity index (χ1v) is 2.03. The zero-order chi connectivity index (χ0) is 5.11. The predicted octanol–water partition coefficient (Wildman–Crippen LogP) is -0.00590. The van der Waals surface area contributed by atoms with Crippen LogP contribution in [0.5, 0.6) is 0 Å². The molecule has 0 unspecified atom stereocenters. The van der Waals surface area contributed by atoms with Gasteiger partial charge in [0.2, 0.25) is 5.56 Å². The van der Waals surface area contributed by atoms with Crippen LogP contribution < -0.4 is 5.56 Å². The number of pyridine rings is 1. The second-order valence-electron chi connectivity index (χ2n) is 1.23. The number of hydrogen-bond donors (Lipinski definition) is 1. The van der Waals surface area contributed by atoms with Crippen LogP contribution in [0, 0.1) is 0 Å². The number of aromatic amines is 1. The van der Waals surface area contributed by atoms with Crippen molar-refractivity contribution in [2.45, 2.75) is 0 Å². The van der Waals surface area contributed by atoms with Crippen molar-refractivity contribution in [3.8, 4) is 0 Å². The second kappa shape index (κ2) is 3.54. The molecule has 1 aromatic rings. The Morgan fingerprint density at radius 2 is 2.12 bits per heavy atom. The van der Waals surface area contributed by atoms with Crippen LogP contribution in [0.15, 0.2) is 29.2 Å². The molecule has 0 fully saturated rings. The average molecular weight is 102 g/mol. The Labute approximate surface area is 59.1 Å². The van der Waals surface area contributed by atoms with Gasteiger partial charge in [-0.3, -0.25) is 4.79 Å². The van der Waals surface area contributed by atoms with E-state index in [1.807, 2.05) is 0 Å². The molecule has 0 saturated heterocycles. The molecule has 8 heavy (non-hydrogen) atoms. The molecule has 0 amide bonds. The van der Waals surface area contributed by atoms with E-state index in [0.717, 1.165) is 0 Å². The van der Waals surface area contributed by atoms with Crippen molar-refractivity contribution in [2.75, 3.05) is 0 Å². The maximum atomic E-state index is 10.2. The zero-order valence-corrected chi connectivity index (χ0v) is 4.72. The zero-order valence-electron chi connectivity index (χ0n) is 4.72. The van der Waals surface area contributed by atoms with Crippen LogP contribution in [0.3, 0.4) is 0 Å². The van der Waals surface area contributed by atoms with Gasteiger partial charge in [-0.15, -0.1) is 0 Å². The van der Waals surface area contributed by atoms with Gasteiger partial charge < -0.3 is 4.98 Å². The Balaban J connectivity index is 0.000000490. The minimum Gasteiger partial charge on any atom is -0.329 e. The Bertz CT molecular complexity index is 178. The fraction of sp³-hybridized carbons (Fsp3) is 0. The number of rotatable bonds is 0. The van der Waals surface area contributed by atoms with Crippen LogP contribution in [0.2, 0.25) is 0 Å². The molecule has 37 valence electrons. The van der Waals surface area contributed by atoms with E-state index in [9.17, 15) is 4.79 Å². The maximum Gasteiger partial charge on any atom is 0.247 e. The van der Waals surface area contributed by atoms with Crippen LogP contribution in [0.1, 0.15) is 0 Å². The molecule has 0 atom stereocenters. The van der Waals surface area contributed by atoms with Gasteiger partial charge in [0.1, 0.15) is 0 Å². The number of nitrogens with one attached hydrogen (secondary N) is 1. The summed E-state index contributed by atoms with van der Waals surface area (Å²) in [5.74, 6) is 0. The quantitative estimate of drug-likeness (QED) is 0.459. The van der Waals surface area contributed by atoms with Crippen LogP contribution in [0.25, 0.3) is 0 Å². The number of H-pyrrole nitrogens is 1. The van der Waals surface area contributed by atoms with E-state index in [0.29, 0.717) is 0 Å². The summed E-state index contributed by atoms with van der Waals surface area (Å²) in [7, 11) is 0. The Morgan fingerprint density at radius 3 is 2.38 bits per heavy atom. The summed E-state index contributed by atoms with van der Waals surface area (Å²) < 4.78 is 0. The normalized spacial score (nSPS) is 7.50. The third-order valence-electron chi connectivity index (χ3n) is 0.681. The Hall–Kier alpha value is -0.453. The smallest absolute Gasteiger partial charge is 0.247 e. The van der Waals surface area contributed by atoms with E-state index in [-0.39, 0.29) is 24.4 Å². The minimum absolute atomic E-state index is 0. The SMILES string of the molecule is O=c1cccc[nH]1.[Li]. The molecular formula is C5H5LiNO. The van der Waals surface area contributed by atoms with Crippen LogP contribution in [-0.4, -0.2) is 23.8 Å². The summed E-state index contributed by atoms with van der Waals surface area (Å²) in [6.07, 6.45) is 1.60. The molecule has 1 N–H and O–H groups in total. The monoisotopic (exact) mass is 102 g/mol. The summed E-state index contributed by atoms with van der Waals surface area (Å²) in [5.41, 5.74) is -0.0532.